The number of aromatic nitrogens is 4. The minimum atomic E-state index is 0.586. The van der Waals surface area contributed by atoms with Gasteiger partial charge in [-0.25, -0.2) is 9.97 Å². The SMILES string of the molecule is c1ccc(Cc2noc(CSc3ncnc4ccccc34)n2)cc1. The molecule has 5 nitrogen and oxygen atoms in total. The fourth-order valence-corrected chi connectivity index (χ4v) is 3.25. The summed E-state index contributed by atoms with van der Waals surface area (Å²) in [6, 6.07) is 18.1. The van der Waals surface area contributed by atoms with E-state index < -0.39 is 0 Å². The molecule has 0 saturated heterocycles. The lowest BCUT2D eigenvalue weighted by Crippen LogP contribution is -1.91. The highest BCUT2D eigenvalue weighted by Gasteiger charge is 2.10. The number of thioether (sulfide) groups is 1. The summed E-state index contributed by atoms with van der Waals surface area (Å²) >= 11 is 1.58. The maximum atomic E-state index is 5.35. The fraction of sp³-hybridized carbons (Fsp3) is 0.111. The molecule has 24 heavy (non-hydrogen) atoms. The molecule has 2 aromatic carbocycles. The second-order valence-electron chi connectivity index (χ2n) is 5.25. The molecule has 0 aliphatic rings. The van der Waals surface area contributed by atoms with Gasteiger partial charge >= 0.3 is 0 Å². The van der Waals surface area contributed by atoms with Crippen molar-refractivity contribution in [3.63, 3.8) is 0 Å². The molecule has 4 aromatic rings. The van der Waals surface area contributed by atoms with Crippen LogP contribution in [0.15, 0.2) is 70.5 Å². The van der Waals surface area contributed by atoms with Crippen LogP contribution in [0.5, 0.6) is 0 Å². The number of fused-ring (bicyclic) bond motifs is 1. The molecule has 2 heterocycles. The Bertz CT molecular complexity index is 950. The maximum Gasteiger partial charge on any atom is 0.237 e. The van der Waals surface area contributed by atoms with E-state index in [1.54, 1.807) is 18.1 Å². The highest BCUT2D eigenvalue weighted by atomic mass is 32.2. The molecule has 4 rings (SSSR count). The Morgan fingerprint density at radius 3 is 2.67 bits per heavy atom. The third-order valence-corrected chi connectivity index (χ3v) is 4.54. The average Bonchev–Trinajstić information content (AvgIpc) is 3.08. The Morgan fingerprint density at radius 2 is 1.75 bits per heavy atom. The molecule has 0 spiro atoms. The first-order valence-electron chi connectivity index (χ1n) is 7.56. The van der Waals surface area contributed by atoms with Gasteiger partial charge in [0.15, 0.2) is 5.82 Å². The number of hydrogen-bond donors (Lipinski definition) is 0. The minimum Gasteiger partial charge on any atom is -0.338 e. The molecule has 0 saturated carbocycles. The lowest BCUT2D eigenvalue weighted by molar-refractivity contribution is 0.386. The number of rotatable bonds is 5. The van der Waals surface area contributed by atoms with Gasteiger partial charge < -0.3 is 4.52 Å². The summed E-state index contributed by atoms with van der Waals surface area (Å²) in [5.74, 6) is 1.89. The zero-order valence-electron chi connectivity index (χ0n) is 12.8. The molecule has 0 amide bonds. The van der Waals surface area contributed by atoms with Gasteiger partial charge in [0.25, 0.3) is 0 Å². The molecule has 0 N–H and O–H groups in total. The molecular weight excluding hydrogens is 320 g/mol. The molecule has 0 atom stereocenters. The van der Waals surface area contributed by atoms with Crippen molar-refractivity contribution in [3.8, 4) is 0 Å². The van der Waals surface area contributed by atoms with Crippen LogP contribution < -0.4 is 0 Å². The zero-order valence-corrected chi connectivity index (χ0v) is 13.6. The first-order valence-corrected chi connectivity index (χ1v) is 8.55. The van der Waals surface area contributed by atoms with Gasteiger partial charge in [-0.1, -0.05) is 65.4 Å². The summed E-state index contributed by atoms with van der Waals surface area (Å²) in [5, 5.41) is 6.01. The van der Waals surface area contributed by atoms with Crippen LogP contribution in [0.3, 0.4) is 0 Å². The molecule has 0 aliphatic carbocycles. The van der Waals surface area contributed by atoms with Crippen LogP contribution in [0.4, 0.5) is 0 Å². The van der Waals surface area contributed by atoms with Crippen LogP contribution in [-0.2, 0) is 12.2 Å². The predicted molar refractivity (Wildman–Crippen MR) is 92.6 cm³/mol. The van der Waals surface area contributed by atoms with E-state index >= 15 is 0 Å². The minimum absolute atomic E-state index is 0.586. The molecule has 0 radical (unpaired) electrons. The third kappa shape index (κ3) is 3.28. The molecule has 0 bridgehead atoms. The second kappa shape index (κ2) is 6.80. The molecule has 0 fully saturated rings. The lowest BCUT2D eigenvalue weighted by Gasteiger charge is -2.02. The van der Waals surface area contributed by atoms with Gasteiger partial charge in [-0.05, 0) is 11.6 Å². The second-order valence-corrected chi connectivity index (χ2v) is 6.22. The van der Waals surface area contributed by atoms with Crippen molar-refractivity contribution in [1.29, 1.82) is 0 Å². The highest BCUT2D eigenvalue weighted by Crippen LogP contribution is 2.26. The summed E-state index contributed by atoms with van der Waals surface area (Å²) in [6.07, 6.45) is 2.25. The Kier molecular flexibility index (Phi) is 4.20. The van der Waals surface area contributed by atoms with E-state index in [4.69, 9.17) is 4.52 Å². The van der Waals surface area contributed by atoms with E-state index in [-0.39, 0.29) is 0 Å². The van der Waals surface area contributed by atoms with Crippen molar-refractivity contribution in [2.24, 2.45) is 0 Å². The van der Waals surface area contributed by atoms with E-state index in [1.165, 1.54) is 5.56 Å². The maximum absolute atomic E-state index is 5.35. The lowest BCUT2D eigenvalue weighted by atomic mass is 10.1. The Morgan fingerprint density at radius 1 is 0.917 bits per heavy atom. The van der Waals surface area contributed by atoms with Crippen molar-refractivity contribution in [2.75, 3.05) is 0 Å². The Labute approximate surface area is 143 Å². The first kappa shape index (κ1) is 14.8. The van der Waals surface area contributed by atoms with Gasteiger partial charge in [0.2, 0.25) is 5.89 Å². The predicted octanol–water partition coefficient (Wildman–Crippen LogP) is 3.90. The summed E-state index contributed by atoms with van der Waals surface area (Å²) in [6.45, 7) is 0. The largest absolute Gasteiger partial charge is 0.338 e. The molecule has 0 aliphatic heterocycles. The molecule has 6 heteroatoms. The summed E-state index contributed by atoms with van der Waals surface area (Å²) < 4.78 is 5.35. The van der Waals surface area contributed by atoms with Crippen molar-refractivity contribution in [1.82, 2.24) is 20.1 Å². The van der Waals surface area contributed by atoms with E-state index in [0.29, 0.717) is 23.9 Å². The van der Waals surface area contributed by atoms with Crippen LogP contribution in [0.25, 0.3) is 10.9 Å². The quantitative estimate of drug-likeness (QED) is 0.407. The van der Waals surface area contributed by atoms with Crippen LogP contribution in [-0.4, -0.2) is 20.1 Å². The normalized spacial score (nSPS) is 11.0. The van der Waals surface area contributed by atoms with Gasteiger partial charge in [0.05, 0.1) is 11.3 Å². The number of hydrogen-bond acceptors (Lipinski definition) is 6. The zero-order chi connectivity index (χ0) is 16.2. The Balaban J connectivity index is 1.46. The molecular formula is C18H14N4OS. The van der Waals surface area contributed by atoms with Crippen molar-refractivity contribution < 1.29 is 4.52 Å². The van der Waals surface area contributed by atoms with Crippen molar-refractivity contribution in [3.05, 3.63) is 78.2 Å². The summed E-state index contributed by atoms with van der Waals surface area (Å²) in [7, 11) is 0. The summed E-state index contributed by atoms with van der Waals surface area (Å²) in [5.41, 5.74) is 2.10. The van der Waals surface area contributed by atoms with Gasteiger partial charge in [0.1, 0.15) is 11.4 Å². The van der Waals surface area contributed by atoms with Crippen LogP contribution in [0.2, 0.25) is 0 Å². The smallest absolute Gasteiger partial charge is 0.237 e. The topological polar surface area (TPSA) is 64.7 Å². The van der Waals surface area contributed by atoms with E-state index in [2.05, 4.69) is 32.2 Å². The first-order chi connectivity index (χ1) is 11.9. The van der Waals surface area contributed by atoms with Gasteiger partial charge in [-0.3, -0.25) is 0 Å². The average molecular weight is 334 g/mol. The van der Waals surface area contributed by atoms with Crippen molar-refractivity contribution >= 4 is 22.7 Å². The molecule has 118 valence electrons. The number of nitrogens with zero attached hydrogens (tertiary/aromatic N) is 4. The monoisotopic (exact) mass is 334 g/mol. The van der Waals surface area contributed by atoms with Crippen LogP contribution in [0, 0.1) is 0 Å². The van der Waals surface area contributed by atoms with Gasteiger partial charge in [0, 0.05) is 11.8 Å². The van der Waals surface area contributed by atoms with E-state index in [1.807, 2.05) is 42.5 Å². The van der Waals surface area contributed by atoms with E-state index in [0.717, 1.165) is 15.9 Å². The van der Waals surface area contributed by atoms with E-state index in [9.17, 15) is 0 Å². The standard InChI is InChI=1S/C18H14N4OS/c1-2-6-13(7-3-1)10-16-21-17(23-22-16)11-24-18-14-8-4-5-9-15(14)19-12-20-18/h1-9,12H,10-11H2. The van der Waals surface area contributed by atoms with Crippen molar-refractivity contribution in [2.45, 2.75) is 17.2 Å². The highest BCUT2D eigenvalue weighted by molar-refractivity contribution is 7.98. The molecule has 0 unspecified atom stereocenters. The Hall–Kier alpha value is -2.73. The van der Waals surface area contributed by atoms with Gasteiger partial charge in [-0.15, -0.1) is 0 Å². The number of benzene rings is 2. The molecule has 2 aromatic heterocycles. The van der Waals surface area contributed by atoms with Crippen LogP contribution >= 0.6 is 11.8 Å². The number of para-hydroxylation sites is 1. The summed E-state index contributed by atoms with van der Waals surface area (Å²) in [4.78, 5) is 13.1. The van der Waals surface area contributed by atoms with Gasteiger partial charge in [-0.2, -0.15) is 4.98 Å². The third-order valence-electron chi connectivity index (χ3n) is 3.55. The van der Waals surface area contributed by atoms with Crippen LogP contribution in [0.1, 0.15) is 17.3 Å². The fourth-order valence-electron chi connectivity index (χ4n) is 2.42.